The fraction of sp³-hybridized carbons (Fsp3) is 0.368. The number of hydrogen-bond donors (Lipinski definition) is 2. The normalized spacial score (nSPS) is 13.2. The molecule has 0 spiro atoms. The lowest BCUT2D eigenvalue weighted by Crippen LogP contribution is -2.19. The zero-order chi connectivity index (χ0) is 18.4. The average molecular weight is 363 g/mol. The predicted molar refractivity (Wildman–Crippen MR) is 101 cm³/mol. The summed E-state index contributed by atoms with van der Waals surface area (Å²) in [7, 11) is -3.54. The number of nitrogens with one attached hydrogen (secondary N) is 1. The third-order valence-corrected chi connectivity index (χ3v) is 5.81. The van der Waals surface area contributed by atoms with Gasteiger partial charge < -0.3 is 19.5 Å². The summed E-state index contributed by atoms with van der Waals surface area (Å²) < 4.78 is 25.2. The van der Waals surface area contributed by atoms with Crippen LogP contribution >= 0.6 is 7.60 Å². The minimum Gasteiger partial charge on any atom is -0.508 e. The van der Waals surface area contributed by atoms with Gasteiger partial charge in [0.15, 0.2) is 5.78 Å². The minimum absolute atomic E-state index is 0.145. The van der Waals surface area contributed by atoms with E-state index in [-0.39, 0.29) is 18.0 Å². The van der Waals surface area contributed by atoms with Gasteiger partial charge in [-0.15, -0.1) is 0 Å². The van der Waals surface area contributed by atoms with Crippen molar-refractivity contribution in [1.82, 2.24) is 0 Å². The van der Waals surface area contributed by atoms with Gasteiger partial charge in [0.1, 0.15) is 5.75 Å². The van der Waals surface area contributed by atoms with Crippen LogP contribution in [-0.2, 0) is 13.6 Å². The van der Waals surface area contributed by atoms with Crippen molar-refractivity contribution in [3.05, 3.63) is 60.2 Å². The standard InChI is InChI=1S/C19H26NO4P/c1-14(2)23-25(22,24-15(3)4)19(16-10-12-18(21)13-11-16)20-17-8-6-5-7-9-17/h5-15,19-21H,1-4H3. The molecule has 0 fully saturated rings. The van der Waals surface area contributed by atoms with Crippen LogP contribution in [0.25, 0.3) is 0 Å². The monoisotopic (exact) mass is 363 g/mol. The summed E-state index contributed by atoms with van der Waals surface area (Å²) in [6.45, 7) is 7.30. The fourth-order valence-corrected chi connectivity index (χ4v) is 4.74. The Balaban J connectivity index is 2.46. The molecule has 2 rings (SSSR count). The Kier molecular flexibility index (Phi) is 6.65. The van der Waals surface area contributed by atoms with Gasteiger partial charge in [-0.05, 0) is 57.5 Å². The van der Waals surface area contributed by atoms with Gasteiger partial charge >= 0.3 is 7.60 Å². The van der Waals surface area contributed by atoms with Crippen LogP contribution in [0.15, 0.2) is 54.6 Å². The molecule has 0 saturated carbocycles. The SMILES string of the molecule is CC(C)OP(=O)(OC(C)C)C(Nc1ccccc1)c1ccc(O)cc1. The summed E-state index contributed by atoms with van der Waals surface area (Å²) in [5.74, 6) is -0.549. The van der Waals surface area contributed by atoms with E-state index in [0.717, 1.165) is 5.69 Å². The second-order valence-corrected chi connectivity index (χ2v) is 8.37. The first-order valence-corrected chi connectivity index (χ1v) is 9.98. The smallest absolute Gasteiger partial charge is 0.357 e. The van der Waals surface area contributed by atoms with Crippen molar-refractivity contribution in [1.29, 1.82) is 0 Å². The van der Waals surface area contributed by atoms with Crippen molar-refractivity contribution in [2.24, 2.45) is 0 Å². The quantitative estimate of drug-likeness (QED) is 0.602. The molecular weight excluding hydrogens is 337 g/mol. The molecule has 0 aliphatic heterocycles. The van der Waals surface area contributed by atoms with E-state index in [1.165, 1.54) is 0 Å². The lowest BCUT2D eigenvalue weighted by Gasteiger charge is -2.31. The van der Waals surface area contributed by atoms with Crippen LogP contribution in [0.2, 0.25) is 0 Å². The highest BCUT2D eigenvalue weighted by Crippen LogP contribution is 2.62. The van der Waals surface area contributed by atoms with Gasteiger partial charge in [0.2, 0.25) is 0 Å². The summed E-state index contributed by atoms with van der Waals surface area (Å²) in [6, 6.07) is 16.0. The van der Waals surface area contributed by atoms with Gasteiger partial charge in [0, 0.05) is 5.69 Å². The van der Waals surface area contributed by atoms with Gasteiger partial charge in [0.05, 0.1) is 12.2 Å². The molecule has 6 heteroatoms. The number of hydrogen-bond acceptors (Lipinski definition) is 5. The van der Waals surface area contributed by atoms with Crippen LogP contribution in [0.3, 0.4) is 0 Å². The Morgan fingerprint density at radius 3 is 1.88 bits per heavy atom. The van der Waals surface area contributed by atoms with Crippen LogP contribution in [-0.4, -0.2) is 17.3 Å². The number of para-hydroxylation sites is 1. The molecule has 0 radical (unpaired) electrons. The molecule has 25 heavy (non-hydrogen) atoms. The van der Waals surface area contributed by atoms with E-state index in [1.807, 2.05) is 58.0 Å². The summed E-state index contributed by atoms with van der Waals surface area (Å²) in [6.07, 6.45) is -0.524. The highest BCUT2D eigenvalue weighted by atomic mass is 31.2. The molecule has 0 saturated heterocycles. The van der Waals surface area contributed by atoms with Gasteiger partial charge in [-0.25, -0.2) is 0 Å². The number of phenols is 1. The van der Waals surface area contributed by atoms with Crippen molar-refractivity contribution < 1.29 is 18.7 Å². The highest BCUT2D eigenvalue weighted by Gasteiger charge is 2.39. The largest absolute Gasteiger partial charge is 0.508 e. The molecule has 0 heterocycles. The Hall–Kier alpha value is -1.81. The second-order valence-electron chi connectivity index (χ2n) is 6.35. The Morgan fingerprint density at radius 1 is 0.880 bits per heavy atom. The molecule has 0 aromatic heterocycles. The van der Waals surface area contributed by atoms with Gasteiger partial charge in [-0.3, -0.25) is 4.57 Å². The molecular formula is C19H26NO4P. The maximum absolute atomic E-state index is 13.7. The number of anilines is 1. The summed E-state index contributed by atoms with van der Waals surface area (Å²) >= 11 is 0. The fourth-order valence-electron chi connectivity index (χ4n) is 2.43. The number of rotatable bonds is 8. The molecule has 1 atom stereocenters. The van der Waals surface area contributed by atoms with E-state index in [2.05, 4.69) is 5.32 Å². The van der Waals surface area contributed by atoms with E-state index in [0.29, 0.717) is 5.56 Å². The first kappa shape index (κ1) is 19.5. The maximum Gasteiger partial charge on any atom is 0.357 e. The van der Waals surface area contributed by atoms with E-state index in [9.17, 15) is 9.67 Å². The van der Waals surface area contributed by atoms with Gasteiger partial charge in [-0.1, -0.05) is 30.3 Å². The highest BCUT2D eigenvalue weighted by molar-refractivity contribution is 7.54. The third kappa shape index (κ3) is 5.60. The van der Waals surface area contributed by atoms with Crippen LogP contribution in [0.5, 0.6) is 5.75 Å². The summed E-state index contributed by atoms with van der Waals surface area (Å²) in [4.78, 5) is 0. The third-order valence-electron chi connectivity index (χ3n) is 3.32. The van der Waals surface area contributed by atoms with Crippen molar-refractivity contribution >= 4 is 13.3 Å². The second kappa shape index (κ2) is 8.52. The van der Waals surface area contributed by atoms with Gasteiger partial charge in [-0.2, -0.15) is 0 Å². The van der Waals surface area contributed by atoms with Crippen LogP contribution < -0.4 is 5.32 Å². The molecule has 0 amide bonds. The van der Waals surface area contributed by atoms with Crippen molar-refractivity contribution in [3.63, 3.8) is 0 Å². The van der Waals surface area contributed by atoms with E-state index < -0.39 is 13.4 Å². The average Bonchev–Trinajstić information content (AvgIpc) is 2.53. The van der Waals surface area contributed by atoms with E-state index in [1.54, 1.807) is 24.3 Å². The first-order chi connectivity index (χ1) is 11.8. The molecule has 5 nitrogen and oxygen atoms in total. The van der Waals surface area contributed by atoms with Crippen LogP contribution in [0, 0.1) is 0 Å². The summed E-state index contributed by atoms with van der Waals surface area (Å²) in [5.41, 5.74) is 1.52. The molecule has 1 unspecified atom stereocenters. The van der Waals surface area contributed by atoms with Crippen molar-refractivity contribution in [2.45, 2.75) is 45.7 Å². The summed E-state index contributed by atoms with van der Waals surface area (Å²) in [5, 5.41) is 12.8. The minimum atomic E-state index is -3.54. The molecule has 0 bridgehead atoms. The molecule has 2 N–H and O–H groups in total. The van der Waals surface area contributed by atoms with Crippen molar-refractivity contribution in [3.8, 4) is 5.75 Å². The first-order valence-electron chi connectivity index (χ1n) is 8.37. The predicted octanol–water partition coefficient (Wildman–Crippen LogP) is 5.55. The molecule has 2 aromatic rings. The Morgan fingerprint density at radius 2 is 1.40 bits per heavy atom. The number of benzene rings is 2. The zero-order valence-corrected chi connectivity index (χ0v) is 15.9. The van der Waals surface area contributed by atoms with Crippen LogP contribution in [0.4, 0.5) is 5.69 Å². The van der Waals surface area contributed by atoms with E-state index >= 15 is 0 Å². The zero-order valence-electron chi connectivity index (χ0n) is 15.0. The molecule has 0 aliphatic rings. The molecule has 0 aliphatic carbocycles. The molecule has 2 aromatic carbocycles. The van der Waals surface area contributed by atoms with Gasteiger partial charge in [0.25, 0.3) is 0 Å². The lowest BCUT2D eigenvalue weighted by atomic mass is 10.2. The maximum atomic E-state index is 13.7. The number of aromatic hydroxyl groups is 1. The Bertz CT molecular complexity index is 687. The Labute approximate surface area is 149 Å². The number of phenolic OH excluding ortho intramolecular Hbond substituents is 1. The molecule has 136 valence electrons. The van der Waals surface area contributed by atoms with Crippen LogP contribution in [0.1, 0.15) is 39.0 Å². The topological polar surface area (TPSA) is 67.8 Å². The lowest BCUT2D eigenvalue weighted by molar-refractivity contribution is 0.138. The van der Waals surface area contributed by atoms with E-state index in [4.69, 9.17) is 9.05 Å². The van der Waals surface area contributed by atoms with Crippen molar-refractivity contribution in [2.75, 3.05) is 5.32 Å².